The zero-order valence-electron chi connectivity index (χ0n) is 30.7. The number of para-hydroxylation sites is 1. The molecule has 16 heteroatoms. The minimum absolute atomic E-state index is 0.0344. The quantitative estimate of drug-likeness (QED) is 0.0911. The van der Waals surface area contributed by atoms with Crippen molar-refractivity contribution in [3.05, 3.63) is 82.4 Å². The number of nitrogens with one attached hydrogen (secondary N) is 4. The van der Waals surface area contributed by atoms with E-state index in [0.717, 1.165) is 6.07 Å². The second kappa shape index (κ2) is 16.4. The van der Waals surface area contributed by atoms with Gasteiger partial charge in [0, 0.05) is 17.5 Å². The number of ether oxygens (including phenoxy) is 1. The molecule has 0 saturated carbocycles. The summed E-state index contributed by atoms with van der Waals surface area (Å²) in [6.07, 6.45) is -4.19. The van der Waals surface area contributed by atoms with E-state index in [-0.39, 0.29) is 66.4 Å². The second-order valence-corrected chi connectivity index (χ2v) is 13.8. The molecular weight excluding hydrogens is 712 g/mol. The SMILES string of the molecule is CCOC(=O)c1noc([C@@H](NC(=O)[C@]2(NC(=O)[C@@H](NC(=O)Cc3ccccc3F)C(C)CC)CCc3[nH]c4c(C(F)(F)F)cccc4c3C2)C(C)CC)n1. The summed E-state index contributed by atoms with van der Waals surface area (Å²) in [4.78, 5) is 61.7. The monoisotopic (exact) mass is 756 g/mol. The van der Waals surface area contributed by atoms with Crippen molar-refractivity contribution in [2.75, 3.05) is 6.61 Å². The maximum Gasteiger partial charge on any atom is 0.418 e. The van der Waals surface area contributed by atoms with Crippen LogP contribution in [0.1, 0.15) is 98.8 Å². The molecule has 1 aliphatic carbocycles. The Labute approximate surface area is 309 Å². The maximum absolute atomic E-state index is 14.7. The van der Waals surface area contributed by atoms with Gasteiger partial charge in [-0.3, -0.25) is 14.4 Å². The van der Waals surface area contributed by atoms with Crippen LogP contribution < -0.4 is 16.0 Å². The number of fused-ring (bicyclic) bond motifs is 3. The number of amides is 3. The third-order valence-electron chi connectivity index (χ3n) is 10.2. The number of carbonyl (C=O) groups is 4. The van der Waals surface area contributed by atoms with Crippen LogP contribution in [0.5, 0.6) is 0 Å². The molecule has 12 nitrogen and oxygen atoms in total. The Morgan fingerprint density at radius 3 is 2.39 bits per heavy atom. The summed E-state index contributed by atoms with van der Waals surface area (Å²) in [6.45, 7) is 8.92. The lowest BCUT2D eigenvalue weighted by Crippen LogP contribution is -2.65. The van der Waals surface area contributed by atoms with Gasteiger partial charge in [0.25, 0.3) is 5.82 Å². The van der Waals surface area contributed by atoms with Gasteiger partial charge in [0.1, 0.15) is 23.4 Å². The van der Waals surface area contributed by atoms with Crippen molar-refractivity contribution in [2.45, 2.75) is 96.9 Å². The minimum atomic E-state index is -4.66. The molecule has 2 heterocycles. The molecule has 1 aliphatic rings. The average Bonchev–Trinajstić information content (AvgIpc) is 3.78. The number of aryl methyl sites for hydroxylation is 1. The molecule has 4 N–H and O–H groups in total. The summed E-state index contributed by atoms with van der Waals surface area (Å²) in [7, 11) is 0. The van der Waals surface area contributed by atoms with Gasteiger partial charge in [-0.15, -0.1) is 0 Å². The van der Waals surface area contributed by atoms with E-state index in [4.69, 9.17) is 9.26 Å². The van der Waals surface area contributed by atoms with Crippen molar-refractivity contribution in [1.29, 1.82) is 0 Å². The molecular formula is C38H44F4N6O6. The highest BCUT2D eigenvalue weighted by molar-refractivity contribution is 5.97. The first-order valence-electron chi connectivity index (χ1n) is 18.0. The number of nitrogens with zero attached hydrogens (tertiary/aromatic N) is 2. The van der Waals surface area contributed by atoms with Gasteiger partial charge in [-0.2, -0.15) is 18.2 Å². The zero-order chi connectivity index (χ0) is 39.4. The number of H-pyrrole nitrogens is 1. The summed E-state index contributed by atoms with van der Waals surface area (Å²) in [5, 5.41) is 12.5. The van der Waals surface area contributed by atoms with Gasteiger partial charge in [0.05, 0.1) is 24.1 Å². The Morgan fingerprint density at radius 2 is 1.72 bits per heavy atom. The van der Waals surface area contributed by atoms with Crippen LogP contribution in [-0.2, 0) is 44.6 Å². The Hall–Kier alpha value is -5.28. The van der Waals surface area contributed by atoms with Crippen molar-refractivity contribution in [3.8, 4) is 0 Å². The summed E-state index contributed by atoms with van der Waals surface area (Å²) in [5.74, 6) is -4.62. The van der Waals surface area contributed by atoms with Gasteiger partial charge < -0.3 is 30.2 Å². The van der Waals surface area contributed by atoms with E-state index < -0.39 is 64.8 Å². The fourth-order valence-electron chi connectivity index (χ4n) is 6.72. The molecule has 0 spiro atoms. The van der Waals surface area contributed by atoms with Gasteiger partial charge in [-0.1, -0.05) is 70.9 Å². The molecule has 2 aromatic heterocycles. The van der Waals surface area contributed by atoms with Crippen LogP contribution in [0.2, 0.25) is 0 Å². The predicted molar refractivity (Wildman–Crippen MR) is 188 cm³/mol. The normalized spacial score (nSPS) is 17.9. The predicted octanol–water partition coefficient (Wildman–Crippen LogP) is 5.91. The first-order chi connectivity index (χ1) is 25.6. The summed E-state index contributed by atoms with van der Waals surface area (Å²) < 4.78 is 66.9. The van der Waals surface area contributed by atoms with Crippen molar-refractivity contribution >= 4 is 34.6 Å². The first-order valence-corrected chi connectivity index (χ1v) is 18.0. The van der Waals surface area contributed by atoms with Crippen molar-refractivity contribution in [1.82, 2.24) is 31.1 Å². The van der Waals surface area contributed by atoms with Crippen molar-refractivity contribution in [3.63, 3.8) is 0 Å². The lowest BCUT2D eigenvalue weighted by atomic mass is 9.78. The van der Waals surface area contributed by atoms with Crippen molar-refractivity contribution < 1.29 is 46.0 Å². The molecule has 3 amide bonds. The van der Waals surface area contributed by atoms with Gasteiger partial charge in [-0.05, 0) is 60.0 Å². The maximum atomic E-state index is 14.7. The Kier molecular flexibility index (Phi) is 12.1. The standard InChI is InChI=1S/C38H44F4N6O6/c1-6-20(4)29(44-28(49)18-22-12-9-10-15-26(22)39)33(50)47-37(17-16-27-24(19-37)23-13-11-14-25(31(23)43-27)38(40,41)42)36(52)45-30(21(5)7-2)34-46-32(48-54-34)35(51)53-8-3/h9-15,20-21,29-30,43H,6-8,16-19H2,1-5H3,(H,44,49)(H,45,52)(H,47,50)/t20?,21?,29-,30-,37-/m0/s1. The van der Waals surface area contributed by atoms with Crippen LogP contribution in [0.4, 0.5) is 17.6 Å². The van der Waals surface area contributed by atoms with E-state index in [1.54, 1.807) is 19.9 Å². The van der Waals surface area contributed by atoms with Gasteiger partial charge in [0.2, 0.25) is 23.6 Å². The van der Waals surface area contributed by atoms with E-state index in [2.05, 4.69) is 31.1 Å². The summed E-state index contributed by atoms with van der Waals surface area (Å²) >= 11 is 0. The Balaban J connectivity index is 1.53. The van der Waals surface area contributed by atoms with E-state index in [9.17, 15) is 36.7 Å². The third kappa shape index (κ3) is 8.42. The topological polar surface area (TPSA) is 168 Å². The highest BCUT2D eigenvalue weighted by atomic mass is 19.4. The van der Waals surface area contributed by atoms with Gasteiger partial charge >= 0.3 is 12.1 Å². The second-order valence-electron chi connectivity index (χ2n) is 13.8. The van der Waals surface area contributed by atoms with E-state index in [0.29, 0.717) is 24.1 Å². The zero-order valence-corrected chi connectivity index (χ0v) is 30.7. The van der Waals surface area contributed by atoms with Crippen LogP contribution in [0, 0.1) is 17.7 Å². The third-order valence-corrected chi connectivity index (χ3v) is 10.2. The minimum Gasteiger partial charge on any atom is -0.460 e. The molecule has 4 aromatic rings. The molecule has 0 fully saturated rings. The molecule has 0 aliphatic heterocycles. The fourth-order valence-corrected chi connectivity index (χ4v) is 6.72. The van der Waals surface area contributed by atoms with Gasteiger partial charge in [-0.25, -0.2) is 9.18 Å². The highest BCUT2D eigenvalue weighted by Gasteiger charge is 2.47. The largest absolute Gasteiger partial charge is 0.460 e. The fraction of sp³-hybridized carbons (Fsp3) is 0.474. The van der Waals surface area contributed by atoms with E-state index >= 15 is 0 Å². The molecule has 290 valence electrons. The number of aromatic nitrogens is 3. The number of carbonyl (C=O) groups excluding carboxylic acids is 4. The lowest BCUT2D eigenvalue weighted by Gasteiger charge is -2.39. The molecule has 2 unspecified atom stereocenters. The summed E-state index contributed by atoms with van der Waals surface area (Å²) in [5.41, 5.74) is -1.70. The van der Waals surface area contributed by atoms with Crippen LogP contribution in [0.15, 0.2) is 47.0 Å². The van der Waals surface area contributed by atoms with Crippen molar-refractivity contribution in [2.24, 2.45) is 11.8 Å². The Morgan fingerprint density at radius 1 is 1.00 bits per heavy atom. The first kappa shape index (κ1) is 39.9. The molecule has 0 radical (unpaired) electrons. The summed E-state index contributed by atoms with van der Waals surface area (Å²) in [6, 6.07) is 7.45. The number of alkyl halides is 3. The van der Waals surface area contributed by atoms with Crippen LogP contribution in [-0.4, -0.2) is 57.0 Å². The average molecular weight is 757 g/mol. The lowest BCUT2D eigenvalue weighted by molar-refractivity contribution is -0.137. The van der Waals surface area contributed by atoms with Crippen LogP contribution in [0.3, 0.4) is 0 Å². The molecule has 0 saturated heterocycles. The van der Waals surface area contributed by atoms with Crippen LogP contribution >= 0.6 is 0 Å². The number of hydrogen-bond acceptors (Lipinski definition) is 8. The number of rotatable bonds is 14. The Bertz CT molecular complexity index is 2010. The van der Waals surface area contributed by atoms with Gasteiger partial charge in [0.15, 0.2) is 0 Å². The number of halogens is 4. The highest BCUT2D eigenvalue weighted by Crippen LogP contribution is 2.40. The molecule has 0 bridgehead atoms. The molecule has 54 heavy (non-hydrogen) atoms. The number of aromatic amines is 1. The molecule has 5 atom stereocenters. The molecule has 2 aromatic carbocycles. The molecule has 5 rings (SSSR count). The number of hydrogen-bond donors (Lipinski definition) is 4. The number of benzene rings is 2. The van der Waals surface area contributed by atoms with Crippen LogP contribution in [0.25, 0.3) is 10.9 Å². The smallest absolute Gasteiger partial charge is 0.418 e. The number of esters is 1. The van der Waals surface area contributed by atoms with E-state index in [1.807, 2.05) is 20.8 Å². The van der Waals surface area contributed by atoms with E-state index in [1.165, 1.54) is 30.3 Å².